The van der Waals surface area contributed by atoms with E-state index in [2.05, 4.69) is 9.98 Å². The van der Waals surface area contributed by atoms with Gasteiger partial charge in [0.1, 0.15) is 0 Å². The molecule has 3 rings (SSSR count). The van der Waals surface area contributed by atoms with Crippen molar-refractivity contribution in [2.75, 3.05) is 0 Å². The minimum Gasteiger partial charge on any atom is -0.504 e. The van der Waals surface area contributed by atoms with Gasteiger partial charge in [-0.05, 0) is 42.5 Å². The zero-order valence-electron chi connectivity index (χ0n) is 13.9. The van der Waals surface area contributed by atoms with E-state index in [1.54, 1.807) is 42.5 Å². The molecule has 3 aromatic rings. The van der Waals surface area contributed by atoms with Crippen LogP contribution in [0.1, 0.15) is 11.1 Å². The number of halogens is 1. The van der Waals surface area contributed by atoms with Crippen LogP contribution in [0.25, 0.3) is 0 Å². The van der Waals surface area contributed by atoms with Crippen LogP contribution in [0, 0.1) is 0 Å². The number of rotatable bonds is 4. The second-order valence-electron chi connectivity index (χ2n) is 5.58. The molecule has 0 bridgehead atoms. The summed E-state index contributed by atoms with van der Waals surface area (Å²) in [6.45, 7) is 0. The van der Waals surface area contributed by atoms with E-state index in [1.165, 1.54) is 24.6 Å². The average Bonchev–Trinajstić information content (AvgIpc) is 2.66. The smallest absolute Gasteiger partial charge is 0.166 e. The van der Waals surface area contributed by atoms with Crippen molar-refractivity contribution in [3.8, 4) is 23.0 Å². The molecule has 0 saturated heterocycles. The van der Waals surface area contributed by atoms with Gasteiger partial charge in [-0.15, -0.1) is 0 Å². The first-order chi connectivity index (χ1) is 13.0. The Balaban J connectivity index is 1.88. The second kappa shape index (κ2) is 7.80. The SMILES string of the molecule is Oc1cccc(C=Nc2ccc(Cl)c(N=Cc3cccc(O)c3O)c2)c1O. The van der Waals surface area contributed by atoms with E-state index in [0.29, 0.717) is 27.5 Å². The van der Waals surface area contributed by atoms with Gasteiger partial charge in [-0.3, -0.25) is 9.98 Å². The lowest BCUT2D eigenvalue weighted by molar-refractivity contribution is 0.403. The zero-order chi connectivity index (χ0) is 19.4. The van der Waals surface area contributed by atoms with Crippen LogP contribution in [0.2, 0.25) is 5.02 Å². The van der Waals surface area contributed by atoms with Crippen LogP contribution in [0.3, 0.4) is 0 Å². The standard InChI is InChI=1S/C20H15ClN2O4/c21-15-8-7-14(22-10-12-3-1-5-17(24)19(12)26)9-16(15)23-11-13-4-2-6-18(25)20(13)27/h1-11,24-27H. The van der Waals surface area contributed by atoms with Gasteiger partial charge in [-0.2, -0.15) is 0 Å². The lowest BCUT2D eigenvalue weighted by Gasteiger charge is -2.03. The highest BCUT2D eigenvalue weighted by molar-refractivity contribution is 6.33. The van der Waals surface area contributed by atoms with E-state index in [1.807, 2.05) is 0 Å². The molecule has 0 saturated carbocycles. The predicted molar refractivity (Wildman–Crippen MR) is 106 cm³/mol. The number of hydrogen-bond acceptors (Lipinski definition) is 6. The summed E-state index contributed by atoms with van der Waals surface area (Å²) in [7, 11) is 0. The molecule has 0 fully saturated rings. The fraction of sp³-hybridized carbons (Fsp3) is 0. The van der Waals surface area contributed by atoms with Crippen LogP contribution in [0.4, 0.5) is 11.4 Å². The Hall–Kier alpha value is -3.51. The van der Waals surface area contributed by atoms with E-state index in [4.69, 9.17) is 11.6 Å². The molecule has 27 heavy (non-hydrogen) atoms. The lowest BCUT2D eigenvalue weighted by Crippen LogP contribution is -1.83. The molecule has 0 radical (unpaired) electrons. The summed E-state index contributed by atoms with van der Waals surface area (Å²) in [6.07, 6.45) is 2.79. The van der Waals surface area contributed by atoms with Crippen molar-refractivity contribution >= 4 is 35.4 Å². The lowest BCUT2D eigenvalue weighted by atomic mass is 10.2. The number of benzene rings is 3. The van der Waals surface area contributed by atoms with Gasteiger partial charge in [0.05, 0.1) is 16.4 Å². The highest BCUT2D eigenvalue weighted by atomic mass is 35.5. The third-order valence-electron chi connectivity index (χ3n) is 3.72. The van der Waals surface area contributed by atoms with Gasteiger partial charge >= 0.3 is 0 Å². The Morgan fingerprint density at radius 3 is 1.85 bits per heavy atom. The first kappa shape index (κ1) is 18.3. The summed E-state index contributed by atoms with van der Waals surface area (Å²) >= 11 is 6.15. The Bertz CT molecular complexity index is 1050. The Labute approximate surface area is 160 Å². The number of aliphatic imine (C=N–C) groups is 2. The number of aromatic hydroxyl groups is 4. The topological polar surface area (TPSA) is 106 Å². The van der Waals surface area contributed by atoms with Crippen LogP contribution < -0.4 is 0 Å². The molecule has 0 aliphatic heterocycles. The van der Waals surface area contributed by atoms with Crippen LogP contribution >= 0.6 is 11.6 Å². The monoisotopic (exact) mass is 382 g/mol. The molecule has 0 aliphatic carbocycles. The normalized spacial score (nSPS) is 11.4. The molecule has 0 aromatic heterocycles. The van der Waals surface area contributed by atoms with E-state index in [-0.39, 0.29) is 23.0 Å². The molecular formula is C20H15ClN2O4. The fourth-order valence-electron chi connectivity index (χ4n) is 2.27. The van der Waals surface area contributed by atoms with E-state index >= 15 is 0 Å². The van der Waals surface area contributed by atoms with Crippen molar-refractivity contribution in [3.63, 3.8) is 0 Å². The molecule has 0 amide bonds. The van der Waals surface area contributed by atoms with Crippen molar-refractivity contribution in [1.29, 1.82) is 0 Å². The molecule has 6 nitrogen and oxygen atoms in total. The average molecular weight is 383 g/mol. The summed E-state index contributed by atoms with van der Waals surface area (Å²) in [5.74, 6) is -1.00. The fourth-order valence-corrected chi connectivity index (χ4v) is 2.44. The van der Waals surface area contributed by atoms with Crippen LogP contribution in [-0.4, -0.2) is 32.9 Å². The van der Waals surface area contributed by atoms with Crippen LogP contribution in [-0.2, 0) is 0 Å². The van der Waals surface area contributed by atoms with Crippen LogP contribution in [0.5, 0.6) is 23.0 Å². The number of nitrogens with zero attached hydrogens (tertiary/aromatic N) is 2. The summed E-state index contributed by atoms with van der Waals surface area (Å²) in [5, 5.41) is 39.0. The number of phenolic OH excluding ortho intramolecular Hbond substituents is 4. The minimum atomic E-state index is -0.272. The van der Waals surface area contributed by atoms with E-state index in [0.717, 1.165) is 0 Å². The van der Waals surface area contributed by atoms with Gasteiger partial charge in [0.15, 0.2) is 23.0 Å². The molecule has 136 valence electrons. The quantitative estimate of drug-likeness (QED) is 0.389. The van der Waals surface area contributed by atoms with Gasteiger partial charge in [0.2, 0.25) is 0 Å². The molecule has 0 heterocycles. The largest absolute Gasteiger partial charge is 0.504 e. The molecule has 0 spiro atoms. The summed E-state index contributed by atoms with van der Waals surface area (Å²) in [5.41, 5.74) is 1.63. The molecule has 0 aliphatic rings. The van der Waals surface area contributed by atoms with E-state index < -0.39 is 0 Å². The summed E-state index contributed by atoms with van der Waals surface area (Å²) in [6, 6.07) is 14.0. The Morgan fingerprint density at radius 1 is 0.704 bits per heavy atom. The predicted octanol–water partition coefficient (Wildman–Crippen LogP) is 4.66. The highest BCUT2D eigenvalue weighted by Crippen LogP contribution is 2.32. The molecule has 3 aromatic carbocycles. The van der Waals surface area contributed by atoms with Crippen molar-refractivity contribution in [1.82, 2.24) is 0 Å². The van der Waals surface area contributed by atoms with Crippen molar-refractivity contribution in [3.05, 3.63) is 70.7 Å². The highest BCUT2D eigenvalue weighted by Gasteiger charge is 2.05. The van der Waals surface area contributed by atoms with Crippen molar-refractivity contribution in [2.45, 2.75) is 0 Å². The molecular weight excluding hydrogens is 368 g/mol. The van der Waals surface area contributed by atoms with Gasteiger partial charge in [-0.1, -0.05) is 23.7 Å². The Kier molecular flexibility index (Phi) is 5.28. The van der Waals surface area contributed by atoms with Crippen molar-refractivity contribution < 1.29 is 20.4 Å². The molecule has 7 heteroatoms. The first-order valence-corrected chi connectivity index (χ1v) is 8.23. The number of hydrogen-bond donors (Lipinski definition) is 4. The summed E-state index contributed by atoms with van der Waals surface area (Å²) in [4.78, 5) is 8.48. The Morgan fingerprint density at radius 2 is 1.26 bits per heavy atom. The maximum absolute atomic E-state index is 9.82. The maximum Gasteiger partial charge on any atom is 0.166 e. The third-order valence-corrected chi connectivity index (χ3v) is 4.04. The molecule has 0 atom stereocenters. The maximum atomic E-state index is 9.82. The number of para-hydroxylation sites is 2. The van der Waals surface area contributed by atoms with Gasteiger partial charge in [0, 0.05) is 23.6 Å². The van der Waals surface area contributed by atoms with Gasteiger partial charge in [-0.25, -0.2) is 0 Å². The second-order valence-corrected chi connectivity index (χ2v) is 5.99. The minimum absolute atomic E-state index is 0.230. The third kappa shape index (κ3) is 4.19. The molecule has 4 N–H and O–H groups in total. The van der Waals surface area contributed by atoms with E-state index in [9.17, 15) is 20.4 Å². The molecule has 0 unspecified atom stereocenters. The summed E-state index contributed by atoms with van der Waals surface area (Å²) < 4.78 is 0. The zero-order valence-corrected chi connectivity index (χ0v) is 14.7. The first-order valence-electron chi connectivity index (χ1n) is 7.85. The van der Waals surface area contributed by atoms with Crippen molar-refractivity contribution in [2.24, 2.45) is 9.98 Å². The van der Waals surface area contributed by atoms with Gasteiger partial charge < -0.3 is 20.4 Å². The number of phenols is 4. The van der Waals surface area contributed by atoms with Gasteiger partial charge in [0.25, 0.3) is 0 Å². The van der Waals surface area contributed by atoms with Crippen LogP contribution in [0.15, 0.2) is 64.6 Å².